The van der Waals surface area contributed by atoms with Gasteiger partial charge in [0.2, 0.25) is 11.8 Å². The van der Waals surface area contributed by atoms with Gasteiger partial charge in [0.15, 0.2) is 0 Å². The van der Waals surface area contributed by atoms with E-state index in [1.54, 1.807) is 0 Å². The molecule has 2 aliphatic heterocycles. The number of amides is 2. The fourth-order valence-electron chi connectivity index (χ4n) is 5.01. The molecule has 0 aromatic heterocycles. The lowest BCUT2D eigenvalue weighted by atomic mass is 9.92. The van der Waals surface area contributed by atoms with Crippen LogP contribution in [-0.2, 0) is 9.59 Å². The number of carbonyl (C=O) groups excluding carboxylic acids is 2. The minimum atomic E-state index is 0.0635. The van der Waals surface area contributed by atoms with E-state index in [9.17, 15) is 9.59 Å². The number of piperazine rings is 1. The maximum absolute atomic E-state index is 12.7. The van der Waals surface area contributed by atoms with Gasteiger partial charge in [0, 0.05) is 45.8 Å². The Morgan fingerprint density at radius 2 is 1.53 bits per heavy atom. The molecule has 3 atom stereocenters. The molecule has 2 fully saturated rings. The number of benzene rings is 1. The van der Waals surface area contributed by atoms with Gasteiger partial charge in [0.1, 0.15) is 0 Å². The van der Waals surface area contributed by atoms with Crippen molar-refractivity contribution in [1.82, 2.24) is 24.9 Å². The third-order valence-corrected chi connectivity index (χ3v) is 6.71. The van der Waals surface area contributed by atoms with Crippen LogP contribution in [0.3, 0.4) is 0 Å². The Hall–Kier alpha value is -1.96. The lowest BCUT2D eigenvalue weighted by molar-refractivity contribution is -0.135. The third-order valence-electron chi connectivity index (χ3n) is 6.71. The summed E-state index contributed by atoms with van der Waals surface area (Å²) in [5, 5.41) is 3.11. The van der Waals surface area contributed by atoms with Crippen LogP contribution in [-0.4, -0.2) is 104 Å². The molecule has 1 aromatic carbocycles. The van der Waals surface area contributed by atoms with E-state index in [0.717, 1.165) is 39.3 Å². The number of piperidine rings is 1. The van der Waals surface area contributed by atoms with Crippen molar-refractivity contribution in [1.29, 1.82) is 0 Å². The van der Waals surface area contributed by atoms with E-state index in [2.05, 4.69) is 46.0 Å². The number of hydrogen-bond donors (Lipinski definition) is 1. The highest BCUT2D eigenvalue weighted by Crippen LogP contribution is 2.21. The zero-order valence-electron chi connectivity index (χ0n) is 20.3. The van der Waals surface area contributed by atoms with Crippen molar-refractivity contribution in [2.45, 2.75) is 26.3 Å². The summed E-state index contributed by atoms with van der Waals surface area (Å²) in [7, 11) is 4.07. The molecule has 2 heterocycles. The van der Waals surface area contributed by atoms with E-state index in [4.69, 9.17) is 0 Å². The molecule has 3 unspecified atom stereocenters. The first kappa shape index (κ1) is 24.7. The van der Waals surface area contributed by atoms with E-state index in [-0.39, 0.29) is 17.9 Å². The Kier molecular flexibility index (Phi) is 9.08. The van der Waals surface area contributed by atoms with Gasteiger partial charge in [-0.05, 0) is 37.9 Å². The van der Waals surface area contributed by atoms with Gasteiger partial charge in [-0.15, -0.1) is 0 Å². The number of likely N-dealkylation sites (tertiary alicyclic amines) is 1. The van der Waals surface area contributed by atoms with Crippen LogP contribution >= 0.6 is 0 Å². The number of nitrogens with one attached hydrogen (secondary N) is 1. The molecular weight excluding hydrogens is 402 g/mol. The number of carbonyl (C=O) groups is 2. The Balaban J connectivity index is 1.38. The van der Waals surface area contributed by atoms with E-state index in [1.165, 1.54) is 12.0 Å². The maximum Gasteiger partial charge on any atom is 0.236 e. The summed E-state index contributed by atoms with van der Waals surface area (Å²) in [5.41, 5.74) is 1.20. The van der Waals surface area contributed by atoms with Gasteiger partial charge in [-0.2, -0.15) is 0 Å². The molecule has 1 aromatic rings. The monoisotopic (exact) mass is 443 g/mol. The van der Waals surface area contributed by atoms with Gasteiger partial charge in [-0.25, -0.2) is 0 Å². The summed E-state index contributed by atoms with van der Waals surface area (Å²) < 4.78 is 0. The van der Waals surface area contributed by atoms with Crippen molar-refractivity contribution in [2.24, 2.45) is 11.8 Å². The van der Waals surface area contributed by atoms with E-state index < -0.39 is 0 Å². The summed E-state index contributed by atoms with van der Waals surface area (Å²) in [6.07, 6.45) is 1.21. The number of rotatable bonds is 8. The molecule has 0 saturated carbocycles. The number of hydrogen-bond acceptors (Lipinski definition) is 5. The molecule has 7 heteroatoms. The molecule has 32 heavy (non-hydrogen) atoms. The number of nitrogens with zero attached hydrogens (tertiary/aromatic N) is 4. The second-order valence-electron chi connectivity index (χ2n) is 9.99. The molecule has 0 bridgehead atoms. The van der Waals surface area contributed by atoms with Crippen molar-refractivity contribution in [3.8, 4) is 0 Å². The van der Waals surface area contributed by atoms with Crippen LogP contribution in [0.25, 0.3) is 0 Å². The lowest BCUT2D eigenvalue weighted by Crippen LogP contribution is -2.53. The van der Waals surface area contributed by atoms with Gasteiger partial charge < -0.3 is 15.1 Å². The smallest absolute Gasteiger partial charge is 0.236 e. The molecule has 0 aliphatic carbocycles. The Morgan fingerprint density at radius 3 is 2.09 bits per heavy atom. The minimum Gasteiger partial charge on any atom is -0.353 e. The molecule has 2 amide bonds. The van der Waals surface area contributed by atoms with Gasteiger partial charge in [0.25, 0.3) is 0 Å². The Bertz CT molecular complexity index is 723. The van der Waals surface area contributed by atoms with Gasteiger partial charge in [-0.3, -0.25) is 19.4 Å². The van der Waals surface area contributed by atoms with Gasteiger partial charge >= 0.3 is 0 Å². The van der Waals surface area contributed by atoms with Crippen molar-refractivity contribution >= 4 is 11.8 Å². The zero-order valence-corrected chi connectivity index (χ0v) is 20.3. The summed E-state index contributed by atoms with van der Waals surface area (Å²) in [6.45, 7) is 11.1. The van der Waals surface area contributed by atoms with E-state index in [0.29, 0.717) is 31.5 Å². The Morgan fingerprint density at radius 1 is 0.969 bits per heavy atom. The van der Waals surface area contributed by atoms with Gasteiger partial charge in [0.05, 0.1) is 19.1 Å². The predicted octanol–water partition coefficient (Wildman–Crippen LogP) is 1.53. The SMILES string of the molecule is CC1CC(C)CN(C(=O)CN2CCN(CC(=O)NCC(c3ccccc3)N(C)C)CC2)C1. The molecule has 2 saturated heterocycles. The van der Waals surface area contributed by atoms with Gasteiger partial charge in [-0.1, -0.05) is 44.2 Å². The first-order valence-corrected chi connectivity index (χ1v) is 12.0. The summed E-state index contributed by atoms with van der Waals surface area (Å²) in [6, 6.07) is 10.4. The molecule has 178 valence electrons. The molecular formula is C25H41N5O2. The molecule has 0 radical (unpaired) electrons. The second-order valence-corrected chi connectivity index (χ2v) is 9.99. The van der Waals surface area contributed by atoms with Crippen molar-refractivity contribution in [3.05, 3.63) is 35.9 Å². The van der Waals surface area contributed by atoms with Crippen LogP contribution in [0.1, 0.15) is 31.9 Å². The second kappa shape index (κ2) is 11.8. The third kappa shape index (κ3) is 7.29. The summed E-state index contributed by atoms with van der Waals surface area (Å²) in [5.74, 6) is 1.50. The van der Waals surface area contributed by atoms with Crippen LogP contribution in [0.5, 0.6) is 0 Å². The molecule has 3 rings (SSSR count). The predicted molar refractivity (Wildman–Crippen MR) is 128 cm³/mol. The standard InChI is InChI=1S/C25H41N5O2/c1-20-14-21(2)17-30(16-20)25(32)19-29-12-10-28(11-13-29)18-24(31)26-15-23(27(3)4)22-8-6-5-7-9-22/h5-9,20-21,23H,10-19H2,1-4H3,(H,26,31). The average Bonchev–Trinajstić information content (AvgIpc) is 2.75. The maximum atomic E-state index is 12.7. The highest BCUT2D eigenvalue weighted by Gasteiger charge is 2.28. The van der Waals surface area contributed by atoms with Crippen LogP contribution in [0.15, 0.2) is 30.3 Å². The fraction of sp³-hybridized carbons (Fsp3) is 0.680. The molecule has 1 N–H and O–H groups in total. The summed E-state index contributed by atoms with van der Waals surface area (Å²) in [4.78, 5) is 33.9. The topological polar surface area (TPSA) is 59.1 Å². The first-order valence-electron chi connectivity index (χ1n) is 12.0. The number of likely N-dealkylation sites (N-methyl/N-ethyl adjacent to an activating group) is 1. The van der Waals surface area contributed by atoms with Crippen LogP contribution in [0, 0.1) is 11.8 Å². The molecule has 7 nitrogen and oxygen atoms in total. The Labute approximate surface area is 193 Å². The largest absolute Gasteiger partial charge is 0.353 e. The minimum absolute atomic E-state index is 0.0635. The molecule has 2 aliphatic rings. The normalized spacial score (nSPS) is 23.8. The average molecular weight is 444 g/mol. The molecule has 0 spiro atoms. The lowest BCUT2D eigenvalue weighted by Gasteiger charge is -2.38. The van der Waals surface area contributed by atoms with Crippen LogP contribution in [0.2, 0.25) is 0 Å². The quantitative estimate of drug-likeness (QED) is 0.660. The fourth-order valence-corrected chi connectivity index (χ4v) is 5.01. The van der Waals surface area contributed by atoms with E-state index in [1.807, 2.05) is 37.2 Å². The van der Waals surface area contributed by atoms with Crippen molar-refractivity contribution in [2.75, 3.05) is 73.0 Å². The van der Waals surface area contributed by atoms with Crippen molar-refractivity contribution < 1.29 is 9.59 Å². The van der Waals surface area contributed by atoms with Crippen molar-refractivity contribution in [3.63, 3.8) is 0 Å². The van der Waals surface area contributed by atoms with Crippen LogP contribution in [0.4, 0.5) is 0 Å². The highest BCUT2D eigenvalue weighted by molar-refractivity contribution is 5.79. The zero-order chi connectivity index (χ0) is 23.1. The van der Waals surface area contributed by atoms with E-state index >= 15 is 0 Å². The van der Waals surface area contributed by atoms with Crippen LogP contribution < -0.4 is 5.32 Å². The first-order chi connectivity index (χ1) is 15.3. The highest BCUT2D eigenvalue weighted by atomic mass is 16.2. The summed E-state index contributed by atoms with van der Waals surface area (Å²) >= 11 is 0.